The first-order valence-corrected chi connectivity index (χ1v) is 13.1. The summed E-state index contributed by atoms with van der Waals surface area (Å²) in [4.78, 5) is 18.8. The van der Waals surface area contributed by atoms with Crippen LogP contribution in [0.1, 0.15) is 23.6 Å². The zero-order chi connectivity index (χ0) is 25.9. The van der Waals surface area contributed by atoms with Crippen molar-refractivity contribution in [2.75, 3.05) is 6.61 Å². The molecule has 186 valence electrons. The van der Waals surface area contributed by atoms with Crippen molar-refractivity contribution in [2.24, 2.45) is 4.99 Å². The van der Waals surface area contributed by atoms with Gasteiger partial charge in [-0.25, -0.2) is 0 Å². The first-order valence-electron chi connectivity index (χ1n) is 11.4. The van der Waals surface area contributed by atoms with Crippen LogP contribution in [-0.2, 0) is 11.4 Å². The molecule has 3 aromatic carbocycles. The molecule has 1 N–H and O–H groups in total. The van der Waals surface area contributed by atoms with Gasteiger partial charge >= 0.3 is 0 Å². The second-order valence-electron chi connectivity index (χ2n) is 8.07. The normalized spacial score (nSPS) is 16.0. The number of amidine groups is 2. The van der Waals surface area contributed by atoms with Crippen LogP contribution >= 0.6 is 35.0 Å². The molecule has 0 saturated heterocycles. The van der Waals surface area contributed by atoms with Gasteiger partial charge in [-0.1, -0.05) is 83.5 Å². The maximum atomic E-state index is 12.9. The van der Waals surface area contributed by atoms with Crippen molar-refractivity contribution in [1.82, 2.24) is 4.90 Å². The second kappa shape index (κ2) is 10.8. The Kier molecular flexibility index (Phi) is 7.37. The highest BCUT2D eigenvalue weighted by atomic mass is 35.5. The number of hydrogen-bond acceptors (Lipinski definition) is 5. The van der Waals surface area contributed by atoms with Crippen LogP contribution in [0.15, 0.2) is 82.7 Å². The van der Waals surface area contributed by atoms with Gasteiger partial charge in [0.2, 0.25) is 0 Å². The van der Waals surface area contributed by atoms with Crippen molar-refractivity contribution in [1.29, 1.82) is 5.41 Å². The molecule has 0 aliphatic carbocycles. The molecular weight excluding hydrogens is 529 g/mol. The molecule has 2 heterocycles. The molecule has 6 nitrogen and oxygen atoms in total. The molecule has 37 heavy (non-hydrogen) atoms. The Morgan fingerprint density at radius 3 is 2.54 bits per heavy atom. The average Bonchev–Trinajstić information content (AvgIpc) is 3.31. The Morgan fingerprint density at radius 2 is 1.78 bits per heavy atom. The number of nitrogens with one attached hydrogen (secondary N) is 1. The van der Waals surface area contributed by atoms with E-state index in [4.69, 9.17) is 38.1 Å². The van der Waals surface area contributed by atoms with E-state index >= 15 is 0 Å². The van der Waals surface area contributed by atoms with Crippen LogP contribution in [0.3, 0.4) is 0 Å². The number of amides is 1. The van der Waals surface area contributed by atoms with Crippen LogP contribution in [0.4, 0.5) is 0 Å². The molecule has 9 heteroatoms. The summed E-state index contributed by atoms with van der Waals surface area (Å²) in [6.45, 7) is 2.45. The van der Waals surface area contributed by atoms with Crippen molar-refractivity contribution in [3.05, 3.63) is 104 Å². The Balaban J connectivity index is 1.46. The first kappa shape index (κ1) is 25.1. The number of halogens is 2. The molecule has 0 atom stereocenters. The number of benzene rings is 3. The lowest BCUT2D eigenvalue weighted by molar-refractivity contribution is -0.114. The van der Waals surface area contributed by atoms with Gasteiger partial charge in [0.15, 0.2) is 16.7 Å². The van der Waals surface area contributed by atoms with Gasteiger partial charge in [-0.2, -0.15) is 4.99 Å². The first-order chi connectivity index (χ1) is 18.0. The SMILES string of the molecule is CCOc1cc(/C=C2/C(=N)N3C(c4ccccc4)=CSC3=NC2=O)cc(Cl)c1OCc1ccccc1Cl. The number of carbonyl (C=O) groups excluding carboxylic acids is 1. The van der Waals surface area contributed by atoms with Crippen LogP contribution in [-0.4, -0.2) is 28.4 Å². The third-order valence-corrected chi connectivity index (χ3v) is 7.13. The largest absolute Gasteiger partial charge is 0.490 e. The molecule has 1 amide bonds. The van der Waals surface area contributed by atoms with Crippen LogP contribution < -0.4 is 9.47 Å². The molecular formula is C28H21Cl2N3O3S. The van der Waals surface area contributed by atoms with Gasteiger partial charge in [-0.15, -0.1) is 0 Å². The lowest BCUT2D eigenvalue weighted by Gasteiger charge is -2.27. The summed E-state index contributed by atoms with van der Waals surface area (Å²) < 4.78 is 11.8. The Morgan fingerprint density at radius 1 is 1.03 bits per heavy atom. The topological polar surface area (TPSA) is 75.0 Å². The molecule has 0 spiro atoms. The minimum absolute atomic E-state index is 0.0447. The summed E-state index contributed by atoms with van der Waals surface area (Å²) in [5.74, 6) is 0.360. The molecule has 2 aliphatic rings. The van der Waals surface area contributed by atoms with E-state index in [1.165, 1.54) is 11.8 Å². The fraction of sp³-hybridized carbons (Fsp3) is 0.107. The average molecular weight is 550 g/mol. The summed E-state index contributed by atoms with van der Waals surface area (Å²) in [6.07, 6.45) is 1.60. The second-order valence-corrected chi connectivity index (χ2v) is 9.72. The maximum absolute atomic E-state index is 12.9. The van der Waals surface area contributed by atoms with Gasteiger partial charge in [0.05, 0.1) is 22.9 Å². The molecule has 2 aliphatic heterocycles. The minimum atomic E-state index is -0.486. The number of thioether (sulfide) groups is 1. The Labute approximate surface area is 228 Å². The number of fused-ring (bicyclic) bond motifs is 1. The highest BCUT2D eigenvalue weighted by molar-refractivity contribution is 8.17. The number of aliphatic imine (C=N–C) groups is 1. The lowest BCUT2D eigenvalue weighted by atomic mass is 10.1. The number of rotatable bonds is 7. The monoisotopic (exact) mass is 549 g/mol. The highest BCUT2D eigenvalue weighted by Gasteiger charge is 2.36. The number of ether oxygens (including phenoxy) is 2. The van der Waals surface area contributed by atoms with Crippen molar-refractivity contribution in [2.45, 2.75) is 13.5 Å². The minimum Gasteiger partial charge on any atom is -0.490 e. The zero-order valence-corrected chi connectivity index (χ0v) is 22.0. The van der Waals surface area contributed by atoms with E-state index in [0.717, 1.165) is 16.8 Å². The van der Waals surface area contributed by atoms with Crippen LogP contribution in [0, 0.1) is 5.41 Å². The predicted octanol–water partition coefficient (Wildman–Crippen LogP) is 7.28. The quantitative estimate of drug-likeness (QED) is 0.313. The fourth-order valence-electron chi connectivity index (χ4n) is 3.92. The Bertz CT molecular complexity index is 1490. The zero-order valence-electron chi connectivity index (χ0n) is 19.7. The molecule has 0 bridgehead atoms. The molecule has 0 fully saturated rings. The third-order valence-electron chi connectivity index (χ3n) is 5.66. The van der Waals surface area contributed by atoms with E-state index in [1.807, 2.05) is 60.9 Å². The predicted molar refractivity (Wildman–Crippen MR) is 150 cm³/mol. The van der Waals surface area contributed by atoms with Crippen molar-refractivity contribution >= 4 is 63.6 Å². The van der Waals surface area contributed by atoms with Crippen LogP contribution in [0.2, 0.25) is 10.0 Å². The number of carbonyl (C=O) groups is 1. The van der Waals surface area contributed by atoms with Gasteiger partial charge in [0.1, 0.15) is 12.4 Å². The molecule has 5 rings (SSSR count). The van der Waals surface area contributed by atoms with Gasteiger partial charge in [0, 0.05) is 16.0 Å². The standard InChI is InChI=1S/C28H21Cl2N3O3S/c1-2-35-24-14-17(13-22(30)25(24)36-15-19-10-6-7-11-21(19)29)12-20-26(31)33-23(18-8-4-3-5-9-18)16-37-28(33)32-27(20)34/h3-14,16,31H,2,15H2,1H3/b20-12-,31-26?. The number of hydrogen-bond donors (Lipinski definition) is 1. The van der Waals surface area contributed by atoms with E-state index in [9.17, 15) is 4.79 Å². The highest BCUT2D eigenvalue weighted by Crippen LogP contribution is 2.40. The van der Waals surface area contributed by atoms with Gasteiger partial charge in [-0.3, -0.25) is 15.1 Å². The van der Waals surface area contributed by atoms with Gasteiger partial charge in [0.25, 0.3) is 5.91 Å². The summed E-state index contributed by atoms with van der Waals surface area (Å²) in [7, 11) is 0. The van der Waals surface area contributed by atoms with Gasteiger partial charge in [-0.05, 0) is 42.3 Å². The molecule has 0 radical (unpaired) electrons. The van der Waals surface area contributed by atoms with Crippen molar-refractivity contribution < 1.29 is 14.3 Å². The smallest absolute Gasteiger partial charge is 0.283 e. The fourth-order valence-corrected chi connectivity index (χ4v) is 5.27. The summed E-state index contributed by atoms with van der Waals surface area (Å²) in [5.41, 5.74) is 3.28. The summed E-state index contributed by atoms with van der Waals surface area (Å²) >= 11 is 14.2. The van der Waals surface area contributed by atoms with E-state index in [-0.39, 0.29) is 18.0 Å². The molecule has 0 aromatic heterocycles. The van der Waals surface area contributed by atoms with Crippen molar-refractivity contribution in [3.63, 3.8) is 0 Å². The van der Waals surface area contributed by atoms with E-state index in [2.05, 4.69) is 4.99 Å². The number of nitrogens with zero attached hydrogens (tertiary/aromatic N) is 2. The van der Waals surface area contributed by atoms with Crippen LogP contribution in [0.25, 0.3) is 11.8 Å². The van der Waals surface area contributed by atoms with E-state index in [1.54, 1.807) is 29.2 Å². The van der Waals surface area contributed by atoms with E-state index < -0.39 is 5.91 Å². The lowest BCUT2D eigenvalue weighted by Crippen LogP contribution is -2.38. The molecule has 0 saturated carbocycles. The van der Waals surface area contributed by atoms with Crippen LogP contribution in [0.5, 0.6) is 11.5 Å². The molecule has 0 unspecified atom stereocenters. The Hall–Kier alpha value is -3.52. The summed E-state index contributed by atoms with van der Waals surface area (Å²) in [5, 5.41) is 12.1. The van der Waals surface area contributed by atoms with E-state index in [0.29, 0.717) is 38.9 Å². The third kappa shape index (κ3) is 5.16. The van der Waals surface area contributed by atoms with Crippen molar-refractivity contribution in [3.8, 4) is 11.5 Å². The molecule has 3 aromatic rings. The van der Waals surface area contributed by atoms with Gasteiger partial charge < -0.3 is 9.47 Å². The summed E-state index contributed by atoms with van der Waals surface area (Å²) in [6, 6.07) is 20.5. The maximum Gasteiger partial charge on any atom is 0.283 e.